The van der Waals surface area contributed by atoms with E-state index in [1.54, 1.807) is 6.92 Å². The molecule has 0 bridgehead atoms. The lowest BCUT2D eigenvalue weighted by molar-refractivity contribution is 0.0697. The first-order valence-electron chi connectivity index (χ1n) is 9.54. The van der Waals surface area contributed by atoms with Gasteiger partial charge in [-0.2, -0.15) is 0 Å². The van der Waals surface area contributed by atoms with Gasteiger partial charge in [0.05, 0.1) is 10.5 Å². The van der Waals surface area contributed by atoms with E-state index in [4.69, 9.17) is 0 Å². The van der Waals surface area contributed by atoms with Gasteiger partial charge in [0.1, 0.15) is 0 Å². The van der Waals surface area contributed by atoms with E-state index in [0.717, 1.165) is 11.1 Å². The van der Waals surface area contributed by atoms with E-state index in [1.165, 1.54) is 18.2 Å². The minimum absolute atomic E-state index is 0.0967. The number of carbonyl (C=O) groups is 1. The maximum atomic E-state index is 12.8. The zero-order valence-corrected chi connectivity index (χ0v) is 17.6. The van der Waals surface area contributed by atoms with Crippen molar-refractivity contribution in [3.63, 3.8) is 0 Å². The van der Waals surface area contributed by atoms with Crippen molar-refractivity contribution < 1.29 is 18.3 Å². The molecule has 3 N–H and O–H groups in total. The molecule has 0 aliphatic heterocycles. The van der Waals surface area contributed by atoms with Gasteiger partial charge in [-0.05, 0) is 43.2 Å². The predicted octanol–water partition coefficient (Wildman–Crippen LogP) is 4.60. The number of nitrogens with one attached hydrogen (secondary N) is 2. The minimum atomic E-state index is -3.90. The Balaban J connectivity index is 1.86. The molecule has 6 nitrogen and oxygen atoms in total. The first-order chi connectivity index (χ1) is 14.3. The summed E-state index contributed by atoms with van der Waals surface area (Å²) in [6, 6.07) is 22.2. The van der Waals surface area contributed by atoms with Crippen molar-refractivity contribution in [2.75, 3.05) is 5.32 Å². The normalized spacial score (nSPS) is 13.4. The number of aromatic carboxylic acids is 1. The van der Waals surface area contributed by atoms with Crippen LogP contribution in [0.25, 0.3) is 0 Å². The Morgan fingerprint density at radius 3 is 1.90 bits per heavy atom. The molecule has 0 aliphatic carbocycles. The Morgan fingerprint density at radius 1 is 0.833 bits per heavy atom. The van der Waals surface area contributed by atoms with Crippen LogP contribution in [0.1, 0.15) is 47.4 Å². The predicted molar refractivity (Wildman–Crippen MR) is 117 cm³/mol. The van der Waals surface area contributed by atoms with Crippen LogP contribution in [0.2, 0.25) is 0 Å². The van der Waals surface area contributed by atoms with Gasteiger partial charge in [0.15, 0.2) is 0 Å². The molecule has 3 aromatic rings. The van der Waals surface area contributed by atoms with E-state index >= 15 is 0 Å². The lowest BCUT2D eigenvalue weighted by Gasteiger charge is -2.19. The van der Waals surface area contributed by atoms with Crippen LogP contribution < -0.4 is 10.0 Å². The van der Waals surface area contributed by atoms with E-state index in [2.05, 4.69) is 10.0 Å². The highest BCUT2D eigenvalue weighted by molar-refractivity contribution is 7.89. The highest BCUT2D eigenvalue weighted by atomic mass is 32.2. The number of anilines is 1. The van der Waals surface area contributed by atoms with Crippen molar-refractivity contribution in [2.45, 2.75) is 30.8 Å². The first-order valence-corrected chi connectivity index (χ1v) is 11.0. The minimum Gasteiger partial charge on any atom is -0.478 e. The third kappa shape index (κ3) is 5.06. The molecule has 0 aromatic heterocycles. The lowest BCUT2D eigenvalue weighted by atomic mass is 10.1. The van der Waals surface area contributed by atoms with Gasteiger partial charge in [0.2, 0.25) is 10.0 Å². The van der Waals surface area contributed by atoms with Crippen LogP contribution in [0.4, 0.5) is 5.69 Å². The molecule has 0 radical (unpaired) electrons. The number of hydrogen-bond donors (Lipinski definition) is 3. The molecule has 2 atom stereocenters. The first kappa shape index (κ1) is 21.5. The summed E-state index contributed by atoms with van der Waals surface area (Å²) in [6.07, 6.45) is 0. The molecule has 0 saturated carbocycles. The fourth-order valence-corrected chi connectivity index (χ4v) is 4.42. The Labute approximate surface area is 176 Å². The summed E-state index contributed by atoms with van der Waals surface area (Å²) in [5, 5.41) is 12.8. The molecule has 0 fully saturated rings. The van der Waals surface area contributed by atoms with E-state index in [9.17, 15) is 18.3 Å². The standard InChI is InChI=1S/C23H24N2O4S/c1-16(18-9-5-3-6-10-18)24-22-14-13-20(15-21(22)23(26)27)30(28,29)25-17(2)19-11-7-4-8-12-19/h3-17,24-25H,1-2H3,(H,26,27)/t16-,17-/m1/s1. The topological polar surface area (TPSA) is 95.5 Å². The third-order valence-electron chi connectivity index (χ3n) is 4.83. The number of hydrogen-bond acceptors (Lipinski definition) is 4. The molecule has 0 heterocycles. The number of rotatable bonds is 8. The van der Waals surface area contributed by atoms with Crippen LogP contribution >= 0.6 is 0 Å². The second-order valence-electron chi connectivity index (χ2n) is 7.04. The molecule has 0 spiro atoms. The second kappa shape index (κ2) is 9.11. The number of sulfonamides is 1. The van der Waals surface area contributed by atoms with E-state index < -0.39 is 22.0 Å². The molecule has 0 saturated heterocycles. The average Bonchev–Trinajstić information content (AvgIpc) is 2.74. The second-order valence-corrected chi connectivity index (χ2v) is 8.76. The summed E-state index contributed by atoms with van der Waals surface area (Å²) in [7, 11) is -3.90. The molecule has 0 amide bonds. The Morgan fingerprint density at radius 2 is 1.37 bits per heavy atom. The summed E-state index contributed by atoms with van der Waals surface area (Å²) < 4.78 is 28.2. The monoisotopic (exact) mass is 424 g/mol. The van der Waals surface area contributed by atoms with Crippen molar-refractivity contribution in [2.24, 2.45) is 0 Å². The zero-order chi connectivity index (χ0) is 21.7. The van der Waals surface area contributed by atoms with Crippen molar-refractivity contribution in [1.29, 1.82) is 0 Å². The summed E-state index contributed by atoms with van der Waals surface area (Å²) >= 11 is 0. The average molecular weight is 425 g/mol. The lowest BCUT2D eigenvalue weighted by Crippen LogP contribution is -2.27. The summed E-state index contributed by atoms with van der Waals surface area (Å²) in [5.41, 5.74) is 2.06. The molecular weight excluding hydrogens is 400 g/mol. The quantitative estimate of drug-likeness (QED) is 0.491. The maximum Gasteiger partial charge on any atom is 0.337 e. The Bertz CT molecular complexity index is 1120. The van der Waals surface area contributed by atoms with Crippen molar-refractivity contribution in [3.05, 3.63) is 95.6 Å². The zero-order valence-electron chi connectivity index (χ0n) is 16.7. The third-order valence-corrected chi connectivity index (χ3v) is 6.37. The number of carboxylic acids is 1. The van der Waals surface area contributed by atoms with E-state index in [-0.39, 0.29) is 16.5 Å². The fourth-order valence-electron chi connectivity index (χ4n) is 3.16. The molecule has 3 rings (SSSR count). The van der Waals surface area contributed by atoms with Gasteiger partial charge >= 0.3 is 5.97 Å². The van der Waals surface area contributed by atoms with Crippen LogP contribution in [-0.2, 0) is 10.0 Å². The van der Waals surface area contributed by atoms with Crippen LogP contribution in [0.3, 0.4) is 0 Å². The van der Waals surface area contributed by atoms with E-state index in [1.807, 2.05) is 67.6 Å². The van der Waals surface area contributed by atoms with Crippen molar-refractivity contribution in [1.82, 2.24) is 4.72 Å². The van der Waals surface area contributed by atoms with Gasteiger partial charge in [0.25, 0.3) is 0 Å². The molecular formula is C23H24N2O4S. The largest absolute Gasteiger partial charge is 0.478 e. The van der Waals surface area contributed by atoms with Crippen LogP contribution in [0, 0.1) is 0 Å². The van der Waals surface area contributed by atoms with Crippen LogP contribution in [0.5, 0.6) is 0 Å². The van der Waals surface area contributed by atoms with E-state index in [0.29, 0.717) is 5.69 Å². The Hall–Kier alpha value is -3.16. The molecule has 30 heavy (non-hydrogen) atoms. The summed E-state index contributed by atoms with van der Waals surface area (Å²) in [5.74, 6) is -1.20. The molecule has 0 aliphatic rings. The Kier molecular flexibility index (Phi) is 6.54. The maximum absolute atomic E-state index is 12.8. The van der Waals surface area contributed by atoms with Crippen molar-refractivity contribution in [3.8, 4) is 0 Å². The number of benzene rings is 3. The highest BCUT2D eigenvalue weighted by Gasteiger charge is 2.22. The number of carboxylic acid groups (broad SMARTS) is 1. The smallest absolute Gasteiger partial charge is 0.337 e. The van der Waals surface area contributed by atoms with Crippen molar-refractivity contribution >= 4 is 21.7 Å². The van der Waals surface area contributed by atoms with Gasteiger partial charge in [-0.1, -0.05) is 60.7 Å². The fraction of sp³-hybridized carbons (Fsp3) is 0.174. The summed E-state index contributed by atoms with van der Waals surface area (Å²) in [4.78, 5) is 11.7. The summed E-state index contributed by atoms with van der Waals surface area (Å²) in [6.45, 7) is 3.65. The van der Waals surface area contributed by atoms with Gasteiger partial charge in [-0.3, -0.25) is 0 Å². The van der Waals surface area contributed by atoms with Gasteiger partial charge in [0, 0.05) is 17.8 Å². The molecule has 0 unspecified atom stereocenters. The van der Waals surface area contributed by atoms with Crippen LogP contribution in [0.15, 0.2) is 83.8 Å². The van der Waals surface area contributed by atoms with Gasteiger partial charge in [-0.15, -0.1) is 0 Å². The van der Waals surface area contributed by atoms with Crippen LogP contribution in [-0.4, -0.2) is 19.5 Å². The van der Waals surface area contributed by atoms with Gasteiger partial charge < -0.3 is 10.4 Å². The van der Waals surface area contributed by atoms with Gasteiger partial charge in [-0.25, -0.2) is 17.9 Å². The molecule has 7 heteroatoms. The highest BCUT2D eigenvalue weighted by Crippen LogP contribution is 2.26. The SMILES string of the molecule is C[C@@H](Nc1ccc(S(=O)(=O)N[C@H](C)c2ccccc2)cc1C(=O)O)c1ccccc1. The molecule has 3 aromatic carbocycles. The molecule has 156 valence electrons.